The molecule has 3 nitrogen and oxygen atoms in total. The van der Waals surface area contributed by atoms with Crippen molar-refractivity contribution in [3.8, 4) is 0 Å². The topological polar surface area (TPSA) is 32.3 Å². The highest BCUT2D eigenvalue weighted by molar-refractivity contribution is 5.85. The smallest absolute Gasteiger partial charge is 0.226 e. The van der Waals surface area contributed by atoms with E-state index < -0.39 is 0 Å². The molecule has 21 heavy (non-hydrogen) atoms. The minimum Gasteiger partial charge on any atom is -0.342 e. The Labute approximate surface area is 134 Å². The summed E-state index contributed by atoms with van der Waals surface area (Å²) in [4.78, 5) is 14.4. The number of hydrogen-bond donors (Lipinski definition) is 1. The van der Waals surface area contributed by atoms with E-state index in [0.717, 1.165) is 50.5 Å². The Morgan fingerprint density at radius 3 is 2.57 bits per heavy atom. The fourth-order valence-electron chi connectivity index (χ4n) is 2.82. The second-order valence-electron chi connectivity index (χ2n) is 5.74. The first kappa shape index (κ1) is 18.0. The van der Waals surface area contributed by atoms with Crippen molar-refractivity contribution in [2.24, 2.45) is 5.92 Å². The first-order valence-electron chi connectivity index (χ1n) is 7.73. The lowest BCUT2D eigenvalue weighted by Gasteiger charge is -2.32. The van der Waals surface area contributed by atoms with Crippen LogP contribution in [-0.4, -0.2) is 37.0 Å². The summed E-state index contributed by atoms with van der Waals surface area (Å²) in [5.41, 5.74) is 2.37. The minimum absolute atomic E-state index is 0. The Morgan fingerprint density at radius 2 is 1.95 bits per heavy atom. The van der Waals surface area contributed by atoms with Crippen molar-refractivity contribution in [3.63, 3.8) is 0 Å². The molecule has 1 heterocycles. The molecule has 2 rings (SSSR count). The van der Waals surface area contributed by atoms with Gasteiger partial charge in [-0.15, -0.1) is 12.4 Å². The van der Waals surface area contributed by atoms with Gasteiger partial charge in [0.25, 0.3) is 0 Å². The van der Waals surface area contributed by atoms with Crippen molar-refractivity contribution >= 4 is 18.3 Å². The van der Waals surface area contributed by atoms with Gasteiger partial charge < -0.3 is 10.2 Å². The van der Waals surface area contributed by atoms with E-state index in [0.29, 0.717) is 6.42 Å². The molecule has 0 aliphatic carbocycles. The van der Waals surface area contributed by atoms with Gasteiger partial charge in [-0.1, -0.05) is 31.2 Å². The van der Waals surface area contributed by atoms with Gasteiger partial charge in [-0.25, -0.2) is 0 Å². The van der Waals surface area contributed by atoms with E-state index >= 15 is 0 Å². The molecule has 1 saturated heterocycles. The molecule has 1 aromatic carbocycles. The number of benzene rings is 1. The van der Waals surface area contributed by atoms with E-state index in [-0.39, 0.29) is 18.3 Å². The van der Waals surface area contributed by atoms with Gasteiger partial charge in [0.05, 0.1) is 6.42 Å². The standard InChI is InChI=1S/C17H26N2O.ClH/c1-3-18-13-15-8-10-19(11-9-15)17(20)12-16-7-5-4-6-14(16)2;/h4-7,15,18H,3,8-13H2,1-2H3;1H. The van der Waals surface area contributed by atoms with E-state index in [4.69, 9.17) is 0 Å². The molecule has 0 bridgehead atoms. The van der Waals surface area contributed by atoms with Gasteiger partial charge in [-0.3, -0.25) is 4.79 Å². The van der Waals surface area contributed by atoms with Crippen LogP contribution < -0.4 is 5.32 Å². The van der Waals surface area contributed by atoms with Crippen LogP contribution >= 0.6 is 12.4 Å². The summed E-state index contributed by atoms with van der Waals surface area (Å²) in [6.07, 6.45) is 2.81. The fourth-order valence-corrected chi connectivity index (χ4v) is 2.82. The fraction of sp³-hybridized carbons (Fsp3) is 0.588. The van der Waals surface area contributed by atoms with Crippen LogP contribution in [0.4, 0.5) is 0 Å². The molecule has 1 aromatic rings. The van der Waals surface area contributed by atoms with Gasteiger partial charge in [0.15, 0.2) is 0 Å². The van der Waals surface area contributed by atoms with Gasteiger partial charge in [-0.2, -0.15) is 0 Å². The summed E-state index contributed by atoms with van der Waals surface area (Å²) in [6.45, 7) is 8.18. The highest BCUT2D eigenvalue weighted by atomic mass is 35.5. The van der Waals surface area contributed by atoms with Crippen LogP contribution in [-0.2, 0) is 11.2 Å². The predicted molar refractivity (Wildman–Crippen MR) is 90.0 cm³/mol. The van der Waals surface area contributed by atoms with Crippen LogP contribution in [0.25, 0.3) is 0 Å². The van der Waals surface area contributed by atoms with Crippen molar-refractivity contribution in [1.82, 2.24) is 10.2 Å². The average molecular weight is 311 g/mol. The summed E-state index contributed by atoms with van der Waals surface area (Å²) >= 11 is 0. The Bertz CT molecular complexity index is 442. The quantitative estimate of drug-likeness (QED) is 0.907. The first-order chi connectivity index (χ1) is 9.70. The summed E-state index contributed by atoms with van der Waals surface area (Å²) in [6, 6.07) is 8.17. The highest BCUT2D eigenvalue weighted by Crippen LogP contribution is 2.18. The molecule has 4 heteroatoms. The van der Waals surface area contributed by atoms with E-state index in [1.165, 1.54) is 5.56 Å². The Balaban J connectivity index is 0.00000220. The number of piperidine rings is 1. The van der Waals surface area contributed by atoms with Crippen LogP contribution in [0.5, 0.6) is 0 Å². The second-order valence-corrected chi connectivity index (χ2v) is 5.74. The highest BCUT2D eigenvalue weighted by Gasteiger charge is 2.22. The zero-order valence-corrected chi connectivity index (χ0v) is 13.9. The van der Waals surface area contributed by atoms with Crippen molar-refractivity contribution in [1.29, 1.82) is 0 Å². The lowest BCUT2D eigenvalue weighted by molar-refractivity contribution is -0.131. The molecule has 0 radical (unpaired) electrons. The van der Waals surface area contributed by atoms with Gasteiger partial charge in [-0.05, 0) is 49.9 Å². The number of hydrogen-bond acceptors (Lipinski definition) is 2. The zero-order chi connectivity index (χ0) is 14.4. The summed E-state index contributed by atoms with van der Waals surface area (Å²) < 4.78 is 0. The number of aryl methyl sites for hydroxylation is 1. The number of likely N-dealkylation sites (tertiary alicyclic amines) is 1. The number of amides is 1. The maximum atomic E-state index is 12.4. The van der Waals surface area contributed by atoms with Crippen molar-refractivity contribution in [2.45, 2.75) is 33.1 Å². The normalized spacial score (nSPS) is 15.6. The molecule has 118 valence electrons. The zero-order valence-electron chi connectivity index (χ0n) is 13.1. The number of carbonyl (C=O) groups is 1. The Hall–Kier alpha value is -1.06. The molecular formula is C17H27ClN2O. The largest absolute Gasteiger partial charge is 0.342 e. The maximum Gasteiger partial charge on any atom is 0.226 e. The SMILES string of the molecule is CCNCC1CCN(C(=O)Cc2ccccc2C)CC1.Cl. The van der Waals surface area contributed by atoms with Gasteiger partial charge in [0.2, 0.25) is 5.91 Å². The third-order valence-electron chi connectivity index (χ3n) is 4.25. The van der Waals surface area contributed by atoms with Gasteiger partial charge in [0.1, 0.15) is 0 Å². The van der Waals surface area contributed by atoms with Crippen LogP contribution in [0.1, 0.15) is 30.9 Å². The molecule has 0 aromatic heterocycles. The summed E-state index contributed by atoms with van der Waals surface area (Å²) in [7, 11) is 0. The lowest BCUT2D eigenvalue weighted by atomic mass is 9.96. The van der Waals surface area contributed by atoms with Crippen LogP contribution in [0.15, 0.2) is 24.3 Å². The second kappa shape index (κ2) is 9.06. The number of carbonyl (C=O) groups excluding carboxylic acids is 1. The van der Waals surface area contributed by atoms with E-state index in [1.807, 2.05) is 17.0 Å². The van der Waals surface area contributed by atoms with Crippen molar-refractivity contribution in [2.75, 3.05) is 26.2 Å². The van der Waals surface area contributed by atoms with Crippen LogP contribution in [0.2, 0.25) is 0 Å². The minimum atomic E-state index is 0. The van der Waals surface area contributed by atoms with E-state index in [2.05, 4.69) is 31.3 Å². The molecular weight excluding hydrogens is 284 g/mol. The van der Waals surface area contributed by atoms with Crippen molar-refractivity contribution < 1.29 is 4.79 Å². The van der Waals surface area contributed by atoms with Crippen molar-refractivity contribution in [3.05, 3.63) is 35.4 Å². The molecule has 1 fully saturated rings. The van der Waals surface area contributed by atoms with Crippen LogP contribution in [0.3, 0.4) is 0 Å². The van der Waals surface area contributed by atoms with Gasteiger partial charge >= 0.3 is 0 Å². The van der Waals surface area contributed by atoms with Gasteiger partial charge in [0, 0.05) is 13.1 Å². The van der Waals surface area contributed by atoms with E-state index in [1.54, 1.807) is 0 Å². The third kappa shape index (κ3) is 5.33. The molecule has 0 saturated carbocycles. The molecule has 1 amide bonds. The Kier molecular flexibility index (Phi) is 7.76. The molecule has 0 atom stereocenters. The summed E-state index contributed by atoms with van der Waals surface area (Å²) in [5.74, 6) is 1.01. The number of halogens is 1. The third-order valence-corrected chi connectivity index (χ3v) is 4.25. The summed E-state index contributed by atoms with van der Waals surface area (Å²) in [5, 5.41) is 3.41. The molecule has 1 aliphatic heterocycles. The monoisotopic (exact) mass is 310 g/mol. The number of rotatable bonds is 5. The number of nitrogens with zero attached hydrogens (tertiary/aromatic N) is 1. The van der Waals surface area contributed by atoms with Crippen LogP contribution in [0, 0.1) is 12.8 Å². The van der Waals surface area contributed by atoms with E-state index in [9.17, 15) is 4.79 Å². The lowest BCUT2D eigenvalue weighted by Crippen LogP contribution is -2.41. The Morgan fingerprint density at radius 1 is 1.29 bits per heavy atom. The molecule has 1 N–H and O–H groups in total. The predicted octanol–water partition coefficient (Wildman–Crippen LogP) is 2.81. The molecule has 0 spiro atoms. The molecule has 0 unspecified atom stereocenters. The maximum absolute atomic E-state index is 12.4. The average Bonchev–Trinajstić information content (AvgIpc) is 2.48. The number of nitrogens with one attached hydrogen (secondary N) is 1. The molecule has 1 aliphatic rings. The first-order valence-corrected chi connectivity index (χ1v) is 7.73.